The van der Waals surface area contributed by atoms with Crippen molar-refractivity contribution in [2.24, 2.45) is 0 Å². The first-order valence-corrected chi connectivity index (χ1v) is 16.1. The molecule has 0 amide bonds. The van der Waals surface area contributed by atoms with Gasteiger partial charge in [-0.2, -0.15) is 0 Å². The second-order valence-electron chi connectivity index (χ2n) is 11.4. The lowest BCUT2D eigenvalue weighted by molar-refractivity contribution is -0.183. The molecule has 4 aromatic rings. The Morgan fingerprint density at radius 1 is 0.660 bits per heavy atom. The zero-order valence-corrected chi connectivity index (χ0v) is 27.2. The molecule has 8 nitrogen and oxygen atoms in total. The molecule has 2 heterocycles. The molecular formula is C39H42O8. The molecular weight excluding hydrogens is 596 g/mol. The van der Waals surface area contributed by atoms with E-state index in [4.69, 9.17) is 37.9 Å². The van der Waals surface area contributed by atoms with Crippen LogP contribution in [0, 0.1) is 0 Å². The lowest BCUT2D eigenvalue weighted by Gasteiger charge is -2.24. The van der Waals surface area contributed by atoms with Crippen molar-refractivity contribution in [1.82, 2.24) is 0 Å². The van der Waals surface area contributed by atoms with Crippen molar-refractivity contribution in [1.29, 1.82) is 0 Å². The number of hydrogen-bond acceptors (Lipinski definition) is 8. The van der Waals surface area contributed by atoms with Crippen molar-refractivity contribution >= 4 is 12.2 Å². The summed E-state index contributed by atoms with van der Waals surface area (Å²) in [4.78, 5) is 0. The van der Waals surface area contributed by atoms with Crippen LogP contribution in [-0.4, -0.2) is 47.4 Å². The van der Waals surface area contributed by atoms with Crippen molar-refractivity contribution in [3.8, 4) is 39.9 Å². The molecule has 8 heteroatoms. The first kappa shape index (κ1) is 32.6. The number of hydrogen-bond donors (Lipinski definition) is 0. The summed E-state index contributed by atoms with van der Waals surface area (Å²) in [5, 5.41) is 0. The predicted molar refractivity (Wildman–Crippen MR) is 181 cm³/mol. The van der Waals surface area contributed by atoms with E-state index in [1.165, 1.54) is 0 Å². The summed E-state index contributed by atoms with van der Waals surface area (Å²) in [5.74, 6) is 3.41. The van der Waals surface area contributed by atoms with Gasteiger partial charge in [0.05, 0.1) is 41.2 Å². The van der Waals surface area contributed by atoms with Gasteiger partial charge in [0.1, 0.15) is 17.2 Å². The van der Waals surface area contributed by atoms with Gasteiger partial charge in [-0.15, -0.1) is 0 Å². The van der Waals surface area contributed by atoms with Crippen LogP contribution in [0.15, 0.2) is 78.9 Å². The number of methoxy groups -OCH3 is 3. The molecule has 2 fully saturated rings. The van der Waals surface area contributed by atoms with Crippen molar-refractivity contribution in [2.75, 3.05) is 41.2 Å². The Morgan fingerprint density at radius 2 is 1.38 bits per heavy atom. The Hall–Kier alpha value is -4.34. The Balaban J connectivity index is 1.24. The number of ether oxygens (including phenoxy) is 8. The standard InChI is InChI=1S/C39H42O8/c1-40-32-21-18-29(39-44-23-8-24-45-39)25-35(32)47-31-19-15-27(16-20-31)14-17-28-9-6-11-33(41-2)37(28)38-30(10-7-12-34(38)42-3)26-46-36-13-4-5-22-43-36/h6-7,9-12,14-21,25,36,39H,4-5,8,13,22-24,26H2,1-3H3/b17-14+. The molecule has 1 unspecified atom stereocenters. The zero-order chi connectivity index (χ0) is 32.4. The summed E-state index contributed by atoms with van der Waals surface area (Å²) in [5.41, 5.74) is 5.75. The van der Waals surface area contributed by atoms with Crippen LogP contribution in [0.4, 0.5) is 0 Å². The molecule has 0 aromatic heterocycles. The molecule has 4 aromatic carbocycles. The summed E-state index contributed by atoms with van der Waals surface area (Å²) >= 11 is 0. The third-order valence-electron chi connectivity index (χ3n) is 8.27. The molecule has 2 aliphatic heterocycles. The molecule has 0 bridgehead atoms. The summed E-state index contributed by atoms with van der Waals surface area (Å²) in [7, 11) is 5.00. The fourth-order valence-corrected chi connectivity index (χ4v) is 5.86. The van der Waals surface area contributed by atoms with Crippen LogP contribution in [0.3, 0.4) is 0 Å². The Labute approximate surface area is 276 Å². The highest BCUT2D eigenvalue weighted by molar-refractivity contribution is 5.88. The van der Waals surface area contributed by atoms with Gasteiger partial charge < -0.3 is 37.9 Å². The molecule has 6 rings (SSSR count). The monoisotopic (exact) mass is 638 g/mol. The summed E-state index contributed by atoms with van der Waals surface area (Å²) in [6, 6.07) is 25.7. The van der Waals surface area contributed by atoms with Crippen molar-refractivity contribution < 1.29 is 37.9 Å². The lowest BCUT2D eigenvalue weighted by Crippen LogP contribution is -2.22. The highest BCUT2D eigenvalue weighted by atomic mass is 16.7. The SMILES string of the molecule is COc1ccc(C2OCCCO2)cc1Oc1ccc(/C=C/c2cccc(OC)c2-c2c(COC3CCCCO3)cccc2OC)cc1. The van der Waals surface area contributed by atoms with Gasteiger partial charge in [-0.05, 0) is 78.8 Å². The van der Waals surface area contributed by atoms with Crippen LogP contribution in [0.25, 0.3) is 23.3 Å². The fourth-order valence-electron chi connectivity index (χ4n) is 5.86. The molecule has 246 valence electrons. The summed E-state index contributed by atoms with van der Waals surface area (Å²) in [6.07, 6.45) is 7.53. The molecule has 0 aliphatic carbocycles. The van der Waals surface area contributed by atoms with E-state index in [9.17, 15) is 0 Å². The predicted octanol–water partition coefficient (Wildman–Crippen LogP) is 8.82. The number of rotatable bonds is 12. The Morgan fingerprint density at radius 3 is 2.11 bits per heavy atom. The highest BCUT2D eigenvalue weighted by Gasteiger charge is 2.22. The van der Waals surface area contributed by atoms with E-state index in [1.807, 2.05) is 66.7 Å². The van der Waals surface area contributed by atoms with Crippen LogP contribution in [0.5, 0.6) is 28.7 Å². The van der Waals surface area contributed by atoms with Gasteiger partial charge in [0.15, 0.2) is 24.1 Å². The molecule has 2 aliphatic rings. The third-order valence-corrected chi connectivity index (χ3v) is 8.27. The fraction of sp³-hybridized carbons (Fsp3) is 0.333. The van der Waals surface area contributed by atoms with E-state index in [0.717, 1.165) is 77.2 Å². The minimum absolute atomic E-state index is 0.197. The maximum Gasteiger partial charge on any atom is 0.183 e. The van der Waals surface area contributed by atoms with E-state index in [0.29, 0.717) is 37.1 Å². The van der Waals surface area contributed by atoms with E-state index in [-0.39, 0.29) is 6.29 Å². The van der Waals surface area contributed by atoms with Crippen LogP contribution >= 0.6 is 0 Å². The van der Waals surface area contributed by atoms with Crippen LogP contribution in [0.1, 0.15) is 54.2 Å². The van der Waals surface area contributed by atoms with Crippen molar-refractivity contribution in [2.45, 2.75) is 44.9 Å². The topological polar surface area (TPSA) is 73.8 Å². The van der Waals surface area contributed by atoms with Gasteiger partial charge in [-0.3, -0.25) is 0 Å². The average molecular weight is 639 g/mol. The number of benzene rings is 4. The van der Waals surface area contributed by atoms with Crippen molar-refractivity contribution in [3.63, 3.8) is 0 Å². The maximum absolute atomic E-state index is 6.25. The molecule has 0 N–H and O–H groups in total. The molecule has 47 heavy (non-hydrogen) atoms. The van der Waals surface area contributed by atoms with Crippen molar-refractivity contribution in [3.05, 3.63) is 101 Å². The average Bonchev–Trinajstić information content (AvgIpc) is 3.14. The summed E-state index contributed by atoms with van der Waals surface area (Å²) < 4.78 is 47.1. The summed E-state index contributed by atoms with van der Waals surface area (Å²) in [6.45, 7) is 2.47. The lowest BCUT2D eigenvalue weighted by atomic mass is 9.93. The van der Waals surface area contributed by atoms with E-state index in [1.54, 1.807) is 21.3 Å². The van der Waals surface area contributed by atoms with Gasteiger partial charge in [0.25, 0.3) is 0 Å². The molecule has 0 radical (unpaired) electrons. The highest BCUT2D eigenvalue weighted by Crippen LogP contribution is 2.43. The Kier molecular flexibility index (Phi) is 11.1. The third kappa shape index (κ3) is 7.97. The molecule has 0 spiro atoms. The first-order valence-electron chi connectivity index (χ1n) is 16.1. The molecule has 2 saturated heterocycles. The van der Waals surface area contributed by atoms with Gasteiger partial charge in [-0.25, -0.2) is 0 Å². The van der Waals surface area contributed by atoms with Gasteiger partial charge in [0, 0.05) is 23.3 Å². The van der Waals surface area contributed by atoms with Crippen LogP contribution < -0.4 is 18.9 Å². The normalized spacial score (nSPS) is 17.0. The largest absolute Gasteiger partial charge is 0.496 e. The molecule has 0 saturated carbocycles. The quantitative estimate of drug-likeness (QED) is 0.143. The maximum atomic E-state index is 6.25. The van der Waals surface area contributed by atoms with Crippen LogP contribution in [-0.2, 0) is 25.6 Å². The van der Waals surface area contributed by atoms with E-state index in [2.05, 4.69) is 24.3 Å². The van der Waals surface area contributed by atoms with Crippen LogP contribution in [0.2, 0.25) is 0 Å². The smallest absolute Gasteiger partial charge is 0.183 e. The zero-order valence-electron chi connectivity index (χ0n) is 27.2. The minimum atomic E-state index is -0.406. The van der Waals surface area contributed by atoms with E-state index < -0.39 is 6.29 Å². The Bertz CT molecular complexity index is 1640. The minimum Gasteiger partial charge on any atom is -0.496 e. The second kappa shape index (κ2) is 16.0. The first-order chi connectivity index (χ1) is 23.2. The van der Waals surface area contributed by atoms with E-state index >= 15 is 0 Å². The van der Waals surface area contributed by atoms with Gasteiger partial charge in [0.2, 0.25) is 0 Å². The van der Waals surface area contributed by atoms with Gasteiger partial charge >= 0.3 is 0 Å². The van der Waals surface area contributed by atoms with Gasteiger partial charge in [-0.1, -0.05) is 54.6 Å². The second-order valence-corrected chi connectivity index (χ2v) is 11.4. The molecule has 1 atom stereocenters.